The third-order valence-corrected chi connectivity index (χ3v) is 2.16. The normalized spacial score (nSPS) is 10.8. The van der Waals surface area contributed by atoms with Gasteiger partial charge in [0.2, 0.25) is 0 Å². The zero-order valence-corrected chi connectivity index (χ0v) is 7.37. The van der Waals surface area contributed by atoms with Gasteiger partial charge >= 0.3 is 0 Å². The number of aliphatic hydroxyl groups is 2. The second-order valence-electron chi connectivity index (χ2n) is 2.17. The van der Waals surface area contributed by atoms with Crippen molar-refractivity contribution in [2.24, 2.45) is 0 Å². The van der Waals surface area contributed by atoms with Gasteiger partial charge in [-0.25, -0.2) is 8.78 Å². The summed E-state index contributed by atoms with van der Waals surface area (Å²) < 4.78 is 29.5. The van der Waals surface area contributed by atoms with Gasteiger partial charge in [0.05, 0.1) is 0 Å². The summed E-state index contributed by atoms with van der Waals surface area (Å²) in [6.07, 6.45) is 0. The lowest BCUT2D eigenvalue weighted by atomic mass is 10.3. The molecule has 0 aliphatic rings. The van der Waals surface area contributed by atoms with Crippen LogP contribution < -0.4 is 5.19 Å². The zero-order chi connectivity index (χ0) is 9.84. The number of rotatable bonds is 3. The maximum absolute atomic E-state index is 12.8. The Bertz CT molecular complexity index is 293. The highest BCUT2D eigenvalue weighted by molar-refractivity contribution is 6.47. The largest absolute Gasteiger partial charge is 0.366 e. The predicted molar refractivity (Wildman–Crippen MR) is 41.1 cm³/mol. The van der Waals surface area contributed by atoms with Gasteiger partial charge in [0.15, 0.2) is 0 Å². The van der Waals surface area contributed by atoms with Crippen LogP contribution in [0.1, 0.15) is 0 Å². The number of benzene rings is 1. The van der Waals surface area contributed by atoms with E-state index in [9.17, 15) is 8.78 Å². The van der Waals surface area contributed by atoms with E-state index in [1.807, 2.05) is 0 Å². The minimum Gasteiger partial charge on any atom is -0.366 e. The van der Waals surface area contributed by atoms with E-state index in [1.165, 1.54) is 6.07 Å². The molecule has 0 saturated carbocycles. The van der Waals surface area contributed by atoms with Gasteiger partial charge in [-0.05, 0) is 6.07 Å². The molecule has 2 N–H and O–H groups in total. The summed E-state index contributed by atoms with van der Waals surface area (Å²) in [5, 5.41) is 16.7. The highest BCUT2D eigenvalue weighted by Gasteiger charge is 2.07. The fourth-order valence-electron chi connectivity index (χ4n) is 0.688. The van der Waals surface area contributed by atoms with Crippen molar-refractivity contribution in [3.63, 3.8) is 0 Å². The molecule has 0 aliphatic heterocycles. The molecule has 0 saturated heterocycles. The molecule has 2 radical (unpaired) electrons. The van der Waals surface area contributed by atoms with Gasteiger partial charge in [-0.1, -0.05) is 6.07 Å². The lowest BCUT2D eigenvalue weighted by Crippen LogP contribution is -2.26. The van der Waals surface area contributed by atoms with Crippen LogP contribution in [-0.4, -0.2) is 26.5 Å². The highest BCUT2D eigenvalue weighted by Crippen LogP contribution is 1.98. The molecule has 0 spiro atoms. The van der Waals surface area contributed by atoms with E-state index in [0.717, 1.165) is 6.07 Å². The summed E-state index contributed by atoms with van der Waals surface area (Å²) in [6.45, 7) is -1.94. The summed E-state index contributed by atoms with van der Waals surface area (Å²) >= 11 is 0. The smallest absolute Gasteiger partial charge is 0.278 e. The Labute approximate surface area is 75.5 Å². The van der Waals surface area contributed by atoms with Crippen LogP contribution >= 0.6 is 0 Å². The molecule has 1 aromatic carbocycles. The monoisotopic (exact) mass is 204 g/mol. The van der Waals surface area contributed by atoms with Gasteiger partial charge in [-0.2, -0.15) is 0 Å². The summed E-state index contributed by atoms with van der Waals surface area (Å²) in [5.41, 5.74) is 0. The molecule has 13 heavy (non-hydrogen) atoms. The predicted octanol–water partition coefficient (Wildman–Crippen LogP) is -0.506. The van der Waals surface area contributed by atoms with Gasteiger partial charge in [0.25, 0.3) is 16.2 Å². The van der Waals surface area contributed by atoms with Crippen LogP contribution in [-0.2, 0) is 4.43 Å². The Kier molecular flexibility index (Phi) is 3.49. The minimum atomic E-state index is -1.94. The average molecular weight is 204 g/mol. The maximum Gasteiger partial charge on any atom is 0.278 e. The Balaban J connectivity index is 2.67. The molecule has 0 bridgehead atoms. The topological polar surface area (TPSA) is 49.7 Å². The maximum atomic E-state index is 12.8. The zero-order valence-electron chi connectivity index (χ0n) is 6.37. The van der Waals surface area contributed by atoms with Crippen LogP contribution in [0.5, 0.6) is 0 Å². The first kappa shape index (κ1) is 10.3. The van der Waals surface area contributed by atoms with Gasteiger partial charge in [-0.3, -0.25) is 0 Å². The van der Waals surface area contributed by atoms with E-state index < -0.39 is 27.9 Å². The molecule has 0 unspecified atom stereocenters. The Hall–Kier alpha value is -0.823. The van der Waals surface area contributed by atoms with Gasteiger partial charge in [0.1, 0.15) is 11.6 Å². The van der Waals surface area contributed by atoms with Crippen molar-refractivity contribution in [1.82, 2.24) is 0 Å². The van der Waals surface area contributed by atoms with E-state index in [-0.39, 0.29) is 5.19 Å². The summed E-state index contributed by atoms with van der Waals surface area (Å²) in [4.78, 5) is 0. The molecule has 0 aliphatic carbocycles. The molecule has 70 valence electrons. The molecule has 0 atom stereocenters. The summed E-state index contributed by atoms with van der Waals surface area (Å²) in [6, 6.07) is 2.96. The van der Waals surface area contributed by atoms with Crippen LogP contribution in [0.25, 0.3) is 0 Å². The number of hydrogen-bond donors (Lipinski definition) is 2. The van der Waals surface area contributed by atoms with E-state index in [1.54, 1.807) is 0 Å². The standard InChI is InChI=1S/C7H6F2O3Si/c8-4-1-2-6(5(9)3-4)13-12-7(10)11/h1-3,7,10-11H. The first-order valence-electron chi connectivity index (χ1n) is 3.32. The third-order valence-electron chi connectivity index (χ3n) is 1.21. The molecule has 0 heterocycles. The summed E-state index contributed by atoms with van der Waals surface area (Å²) in [7, 11) is -0.562. The summed E-state index contributed by atoms with van der Waals surface area (Å²) in [5.74, 6) is -1.45. The Morgan fingerprint density at radius 1 is 1.31 bits per heavy atom. The van der Waals surface area contributed by atoms with Crippen molar-refractivity contribution in [2.75, 3.05) is 0 Å². The molecule has 1 aromatic rings. The second-order valence-corrected chi connectivity index (χ2v) is 3.15. The molecular weight excluding hydrogens is 198 g/mol. The fourth-order valence-corrected chi connectivity index (χ4v) is 1.24. The molecule has 6 heteroatoms. The van der Waals surface area contributed by atoms with Crippen molar-refractivity contribution in [3.8, 4) is 0 Å². The van der Waals surface area contributed by atoms with Crippen molar-refractivity contribution in [3.05, 3.63) is 29.8 Å². The molecule has 1 rings (SSSR count). The first-order chi connectivity index (χ1) is 6.09. The molecular formula is C7H6F2O3Si. The number of hydrogen-bond acceptors (Lipinski definition) is 3. The SMILES string of the molecule is OC(O)O[Si]c1ccc(F)cc1F. The van der Waals surface area contributed by atoms with Crippen molar-refractivity contribution in [2.45, 2.75) is 6.48 Å². The molecule has 0 aromatic heterocycles. The fraction of sp³-hybridized carbons (Fsp3) is 0.143. The minimum absolute atomic E-state index is 0.0921. The van der Waals surface area contributed by atoms with Crippen LogP contribution in [0, 0.1) is 11.6 Å². The third kappa shape index (κ3) is 3.19. The van der Waals surface area contributed by atoms with Gasteiger partial charge in [-0.15, -0.1) is 0 Å². The lowest BCUT2D eigenvalue weighted by Gasteiger charge is -2.04. The van der Waals surface area contributed by atoms with Gasteiger partial charge < -0.3 is 14.6 Å². The first-order valence-corrected chi connectivity index (χ1v) is 4.23. The lowest BCUT2D eigenvalue weighted by molar-refractivity contribution is -0.179. The van der Waals surface area contributed by atoms with E-state index >= 15 is 0 Å². The van der Waals surface area contributed by atoms with E-state index in [0.29, 0.717) is 6.07 Å². The molecule has 3 nitrogen and oxygen atoms in total. The molecule has 0 amide bonds. The van der Waals surface area contributed by atoms with Crippen molar-refractivity contribution >= 4 is 14.9 Å². The quantitative estimate of drug-likeness (QED) is 0.515. The molecule has 0 fully saturated rings. The van der Waals surface area contributed by atoms with E-state index in [4.69, 9.17) is 10.2 Å². The second kappa shape index (κ2) is 4.42. The van der Waals surface area contributed by atoms with Crippen molar-refractivity contribution < 1.29 is 23.4 Å². The van der Waals surface area contributed by atoms with Crippen LogP contribution in [0.15, 0.2) is 18.2 Å². The van der Waals surface area contributed by atoms with Crippen molar-refractivity contribution in [1.29, 1.82) is 0 Å². The number of halogens is 2. The van der Waals surface area contributed by atoms with Crippen LogP contribution in [0.4, 0.5) is 8.78 Å². The van der Waals surface area contributed by atoms with Crippen LogP contribution in [0.3, 0.4) is 0 Å². The van der Waals surface area contributed by atoms with Crippen LogP contribution in [0.2, 0.25) is 0 Å². The van der Waals surface area contributed by atoms with E-state index in [2.05, 4.69) is 4.43 Å². The number of aliphatic hydroxyl groups excluding tert-OH is 1. The van der Waals surface area contributed by atoms with Gasteiger partial charge in [0, 0.05) is 11.3 Å². The Morgan fingerprint density at radius 3 is 2.54 bits per heavy atom. The average Bonchev–Trinajstić information content (AvgIpc) is 2.02. The highest BCUT2D eigenvalue weighted by atomic mass is 28.2. The Morgan fingerprint density at radius 2 is 2.00 bits per heavy atom.